The van der Waals surface area contributed by atoms with Crippen molar-refractivity contribution in [3.8, 4) is 11.3 Å². The van der Waals surface area contributed by atoms with Crippen molar-refractivity contribution in [2.75, 3.05) is 13.1 Å². The van der Waals surface area contributed by atoms with Crippen molar-refractivity contribution in [1.29, 1.82) is 0 Å². The minimum atomic E-state index is -1.01. The van der Waals surface area contributed by atoms with E-state index >= 15 is 0 Å². The van der Waals surface area contributed by atoms with Gasteiger partial charge in [0.1, 0.15) is 5.60 Å². The van der Waals surface area contributed by atoms with Gasteiger partial charge in [-0.15, -0.1) is 0 Å². The number of carboxylic acid groups (broad SMARTS) is 1. The van der Waals surface area contributed by atoms with Gasteiger partial charge in [0.2, 0.25) is 0 Å². The summed E-state index contributed by atoms with van der Waals surface area (Å²) in [6, 6.07) is 14.2. The number of hydrogen-bond donors (Lipinski definition) is 2. The van der Waals surface area contributed by atoms with Crippen molar-refractivity contribution >= 4 is 46.2 Å². The number of aromatic amines is 1. The first-order chi connectivity index (χ1) is 19.0. The lowest BCUT2D eigenvalue weighted by Gasteiger charge is -2.27. The molecule has 2 N–H and O–H groups in total. The van der Waals surface area contributed by atoms with Gasteiger partial charge in [-0.25, -0.2) is 9.59 Å². The maximum Gasteiger partial charge on any atom is 0.410 e. The van der Waals surface area contributed by atoms with Crippen LogP contribution in [-0.4, -0.2) is 50.7 Å². The number of carboxylic acids is 1. The predicted molar refractivity (Wildman–Crippen MR) is 159 cm³/mol. The van der Waals surface area contributed by atoms with Crippen LogP contribution in [0.3, 0.4) is 0 Å². The number of carbonyl (C=O) groups is 2. The Morgan fingerprint density at radius 1 is 1.02 bits per heavy atom. The minimum absolute atomic E-state index is 0.181. The van der Waals surface area contributed by atoms with E-state index in [9.17, 15) is 14.7 Å². The second-order valence-electron chi connectivity index (χ2n) is 10.7. The fourth-order valence-corrected chi connectivity index (χ4v) is 5.11. The molecule has 40 heavy (non-hydrogen) atoms. The van der Waals surface area contributed by atoms with Crippen LogP contribution in [0.25, 0.3) is 22.2 Å². The van der Waals surface area contributed by atoms with Crippen molar-refractivity contribution < 1.29 is 19.4 Å². The number of hydrogen-bond acceptors (Lipinski definition) is 4. The van der Waals surface area contributed by atoms with Crippen LogP contribution in [0.2, 0.25) is 10.0 Å². The number of nitrogens with one attached hydrogen (secondary N) is 1. The lowest BCUT2D eigenvalue weighted by molar-refractivity contribution is 0.0249. The summed E-state index contributed by atoms with van der Waals surface area (Å²) in [5.74, 6) is -1.01. The average molecular weight is 583 g/mol. The number of unbranched alkanes of at least 4 members (excludes halogenated alkanes) is 1. The topological polar surface area (TPSA) is 95.5 Å². The lowest BCUT2D eigenvalue weighted by Crippen LogP contribution is -2.38. The highest BCUT2D eigenvalue weighted by Gasteiger charge is 2.24. The van der Waals surface area contributed by atoms with Crippen molar-refractivity contribution in [3.63, 3.8) is 0 Å². The molecule has 0 saturated heterocycles. The molecule has 0 saturated carbocycles. The third-order valence-corrected chi connectivity index (χ3v) is 7.05. The molecule has 0 aliphatic rings. The van der Waals surface area contributed by atoms with Crippen molar-refractivity contribution in [2.45, 2.75) is 52.1 Å². The molecule has 0 atom stereocenters. The third-order valence-electron chi connectivity index (χ3n) is 6.50. The van der Waals surface area contributed by atoms with Gasteiger partial charge >= 0.3 is 12.1 Å². The van der Waals surface area contributed by atoms with Gasteiger partial charge in [-0.05, 0) is 100 Å². The van der Waals surface area contributed by atoms with Crippen LogP contribution in [0.4, 0.5) is 4.79 Å². The number of halogens is 2. The first kappa shape index (κ1) is 29.4. The van der Waals surface area contributed by atoms with E-state index in [-0.39, 0.29) is 11.7 Å². The summed E-state index contributed by atoms with van der Waals surface area (Å²) in [6.07, 6.45) is 6.24. The Bertz CT molecular complexity index is 1500. The summed E-state index contributed by atoms with van der Waals surface area (Å²) in [6.45, 7) is 6.44. The Balaban J connectivity index is 1.62. The van der Waals surface area contributed by atoms with E-state index < -0.39 is 11.6 Å². The second-order valence-corrected chi connectivity index (χ2v) is 11.5. The Kier molecular flexibility index (Phi) is 9.38. The first-order valence-corrected chi connectivity index (χ1v) is 14.0. The van der Waals surface area contributed by atoms with Gasteiger partial charge in [0.05, 0.1) is 16.3 Å². The SMILES string of the molecule is CC(C)(C)OC(=O)N(CCCCc1cccnc1)CCc1c(-c2ccc(Cl)cc2Cl)[nH]c2ccc(C(=O)O)cc12. The molecule has 0 bridgehead atoms. The standard InChI is InChI=1S/C31H33Cl2N3O4/c1-31(2,3)40-30(39)36(15-5-4-7-20-8-6-14-34-19-20)16-13-23-25-17-21(29(37)38)9-12-27(25)35-28(23)24-11-10-22(32)18-26(24)33/h6,8-12,14,17-19,35H,4-5,7,13,15-16H2,1-3H3,(H,37,38). The van der Waals surface area contributed by atoms with Gasteiger partial charge in [-0.3, -0.25) is 4.98 Å². The Hall–Kier alpha value is -3.55. The molecule has 0 aliphatic carbocycles. The molecule has 0 spiro atoms. The fourth-order valence-electron chi connectivity index (χ4n) is 4.61. The van der Waals surface area contributed by atoms with Gasteiger partial charge < -0.3 is 19.7 Å². The van der Waals surface area contributed by atoms with Gasteiger partial charge in [0, 0.05) is 47.0 Å². The molecule has 7 nitrogen and oxygen atoms in total. The van der Waals surface area contributed by atoms with Gasteiger partial charge in [-0.1, -0.05) is 29.3 Å². The van der Waals surface area contributed by atoms with E-state index in [1.165, 1.54) is 0 Å². The molecular weight excluding hydrogens is 549 g/mol. The zero-order valence-electron chi connectivity index (χ0n) is 22.8. The maximum atomic E-state index is 13.2. The van der Waals surface area contributed by atoms with Crippen LogP contribution in [0, 0.1) is 0 Å². The van der Waals surface area contributed by atoms with E-state index in [2.05, 4.69) is 9.97 Å². The predicted octanol–water partition coefficient (Wildman–Crippen LogP) is 8.04. The highest BCUT2D eigenvalue weighted by Crippen LogP contribution is 2.36. The monoisotopic (exact) mass is 581 g/mol. The number of ether oxygens (including phenoxy) is 1. The number of aryl methyl sites for hydroxylation is 1. The van der Waals surface area contributed by atoms with Crippen molar-refractivity contribution in [1.82, 2.24) is 14.9 Å². The molecule has 0 aliphatic heterocycles. The molecular formula is C31H33Cl2N3O4. The molecule has 2 heterocycles. The van der Waals surface area contributed by atoms with Crippen LogP contribution in [0.1, 0.15) is 55.1 Å². The number of aromatic nitrogens is 2. The highest BCUT2D eigenvalue weighted by atomic mass is 35.5. The quantitative estimate of drug-likeness (QED) is 0.185. The number of amides is 1. The summed E-state index contributed by atoms with van der Waals surface area (Å²) in [7, 11) is 0. The molecule has 0 radical (unpaired) electrons. The molecule has 2 aromatic carbocycles. The molecule has 0 unspecified atom stereocenters. The fraction of sp³-hybridized carbons (Fsp3) is 0.323. The first-order valence-electron chi connectivity index (χ1n) is 13.2. The zero-order valence-corrected chi connectivity index (χ0v) is 24.4. The molecule has 2 aromatic heterocycles. The van der Waals surface area contributed by atoms with E-state index in [1.807, 2.05) is 45.2 Å². The summed E-state index contributed by atoms with van der Waals surface area (Å²) >= 11 is 12.7. The summed E-state index contributed by atoms with van der Waals surface area (Å²) in [4.78, 5) is 34.3. The van der Waals surface area contributed by atoms with Crippen LogP contribution >= 0.6 is 23.2 Å². The van der Waals surface area contributed by atoms with E-state index in [0.717, 1.165) is 52.5 Å². The van der Waals surface area contributed by atoms with Crippen molar-refractivity contribution in [2.24, 2.45) is 0 Å². The molecule has 4 rings (SSSR count). The summed E-state index contributed by atoms with van der Waals surface area (Å²) in [5.41, 5.74) is 3.86. The molecule has 9 heteroatoms. The normalized spacial score (nSPS) is 11.5. The van der Waals surface area contributed by atoms with Crippen LogP contribution in [0.5, 0.6) is 0 Å². The van der Waals surface area contributed by atoms with Crippen LogP contribution in [-0.2, 0) is 17.6 Å². The second kappa shape index (κ2) is 12.7. The van der Waals surface area contributed by atoms with E-state index in [1.54, 1.807) is 41.4 Å². The number of H-pyrrole nitrogens is 1. The summed E-state index contributed by atoms with van der Waals surface area (Å²) < 4.78 is 5.73. The highest BCUT2D eigenvalue weighted by molar-refractivity contribution is 6.36. The van der Waals surface area contributed by atoms with E-state index in [4.69, 9.17) is 27.9 Å². The Morgan fingerprint density at radius 3 is 2.50 bits per heavy atom. The molecule has 0 fully saturated rings. The Morgan fingerprint density at radius 2 is 1.82 bits per heavy atom. The van der Waals surface area contributed by atoms with Crippen molar-refractivity contribution in [3.05, 3.63) is 87.7 Å². The van der Waals surface area contributed by atoms with E-state index in [0.29, 0.717) is 29.6 Å². The summed E-state index contributed by atoms with van der Waals surface area (Å²) in [5, 5.41) is 11.4. The van der Waals surface area contributed by atoms with Gasteiger partial charge in [0.25, 0.3) is 0 Å². The van der Waals surface area contributed by atoms with Gasteiger partial charge in [0.15, 0.2) is 0 Å². The number of aromatic carboxylic acids is 1. The Labute approximate surface area is 244 Å². The smallest absolute Gasteiger partial charge is 0.410 e. The largest absolute Gasteiger partial charge is 0.478 e. The number of carbonyl (C=O) groups excluding carboxylic acids is 1. The maximum absolute atomic E-state index is 13.2. The van der Waals surface area contributed by atoms with Gasteiger partial charge in [-0.2, -0.15) is 0 Å². The molecule has 210 valence electrons. The van der Waals surface area contributed by atoms with Crippen LogP contribution in [0.15, 0.2) is 60.9 Å². The number of nitrogens with zero attached hydrogens (tertiary/aromatic N) is 2. The lowest BCUT2D eigenvalue weighted by atomic mass is 10.0. The number of fused-ring (bicyclic) bond motifs is 1. The molecule has 1 amide bonds. The minimum Gasteiger partial charge on any atom is -0.478 e. The number of rotatable bonds is 10. The average Bonchev–Trinajstić information content (AvgIpc) is 3.25. The van der Waals surface area contributed by atoms with Crippen LogP contribution < -0.4 is 0 Å². The number of benzene rings is 2. The molecule has 4 aromatic rings. The third kappa shape index (κ3) is 7.55. The zero-order chi connectivity index (χ0) is 28.9. The number of pyridine rings is 1.